The molecule has 0 amide bonds. The number of aliphatic carboxylic acids is 1. The molecule has 2 aromatic carbocycles. The van der Waals surface area contributed by atoms with Crippen LogP contribution in [0.1, 0.15) is 18.4 Å². The highest BCUT2D eigenvalue weighted by molar-refractivity contribution is 5.66. The van der Waals surface area contributed by atoms with Gasteiger partial charge in [-0.2, -0.15) is 0 Å². The Morgan fingerprint density at radius 1 is 1.12 bits per heavy atom. The van der Waals surface area contributed by atoms with Gasteiger partial charge in [0, 0.05) is 6.42 Å². The van der Waals surface area contributed by atoms with Crippen LogP contribution in [0.5, 0.6) is 11.5 Å². The maximum Gasteiger partial charge on any atom is 0.314 e. The summed E-state index contributed by atoms with van der Waals surface area (Å²) < 4.78 is 10.9. The van der Waals surface area contributed by atoms with E-state index in [2.05, 4.69) is 0 Å². The Bertz CT molecular complexity index is 701. The van der Waals surface area contributed by atoms with Crippen molar-refractivity contribution < 1.29 is 24.3 Å². The molecule has 0 heterocycles. The van der Waals surface area contributed by atoms with Crippen molar-refractivity contribution in [2.45, 2.75) is 19.4 Å². The number of nitro groups is 1. The van der Waals surface area contributed by atoms with Crippen LogP contribution in [0.3, 0.4) is 0 Å². The molecule has 0 radical (unpaired) electrons. The predicted octanol–water partition coefficient (Wildman–Crippen LogP) is 3.42. The zero-order chi connectivity index (χ0) is 17.4. The van der Waals surface area contributed by atoms with Crippen LogP contribution in [0.4, 0.5) is 5.69 Å². The van der Waals surface area contributed by atoms with Crippen molar-refractivity contribution in [1.82, 2.24) is 0 Å². The molecule has 0 aromatic heterocycles. The average Bonchev–Trinajstić information content (AvgIpc) is 2.58. The zero-order valence-corrected chi connectivity index (χ0v) is 12.9. The highest BCUT2D eigenvalue weighted by atomic mass is 16.6. The quantitative estimate of drug-likeness (QED) is 0.429. The molecular formula is C17H17NO6. The second-order valence-electron chi connectivity index (χ2n) is 5.01. The van der Waals surface area contributed by atoms with Gasteiger partial charge in [0.05, 0.1) is 17.6 Å². The van der Waals surface area contributed by atoms with Gasteiger partial charge in [-0.05, 0) is 24.1 Å². The highest BCUT2D eigenvalue weighted by Crippen LogP contribution is 2.31. The van der Waals surface area contributed by atoms with E-state index in [4.69, 9.17) is 14.6 Å². The molecule has 0 saturated carbocycles. The molecule has 7 heteroatoms. The van der Waals surface area contributed by atoms with Crippen LogP contribution in [0.2, 0.25) is 0 Å². The van der Waals surface area contributed by atoms with E-state index < -0.39 is 10.9 Å². The minimum atomic E-state index is -0.933. The Balaban J connectivity index is 2.00. The number of hydrogen-bond acceptors (Lipinski definition) is 5. The summed E-state index contributed by atoms with van der Waals surface area (Å²) >= 11 is 0. The summed E-state index contributed by atoms with van der Waals surface area (Å²) in [6.07, 6.45) is 0.227. The average molecular weight is 331 g/mol. The topological polar surface area (TPSA) is 98.9 Å². The van der Waals surface area contributed by atoms with Gasteiger partial charge in [-0.15, -0.1) is 0 Å². The van der Waals surface area contributed by atoms with E-state index >= 15 is 0 Å². The minimum Gasteiger partial charge on any atom is -0.489 e. The zero-order valence-electron chi connectivity index (χ0n) is 12.9. The van der Waals surface area contributed by atoms with E-state index in [1.807, 2.05) is 30.3 Å². The summed E-state index contributed by atoms with van der Waals surface area (Å²) in [5.41, 5.74) is 0.741. The first-order valence-electron chi connectivity index (χ1n) is 7.36. The van der Waals surface area contributed by atoms with Crippen molar-refractivity contribution in [2.75, 3.05) is 6.61 Å². The Labute approximate surface area is 138 Å². The predicted molar refractivity (Wildman–Crippen MR) is 86.2 cm³/mol. The first-order chi connectivity index (χ1) is 11.6. The Morgan fingerprint density at radius 3 is 2.54 bits per heavy atom. The summed E-state index contributed by atoms with van der Waals surface area (Å²) in [4.78, 5) is 21.1. The SMILES string of the molecule is O=C(O)CCCOc1ccc(OCc2ccccc2)cc1[N+](=O)[O-]. The van der Waals surface area contributed by atoms with Gasteiger partial charge in [0.15, 0.2) is 5.75 Å². The van der Waals surface area contributed by atoms with Gasteiger partial charge in [-0.3, -0.25) is 14.9 Å². The molecule has 24 heavy (non-hydrogen) atoms. The Kier molecular flexibility index (Phi) is 6.13. The number of rotatable bonds is 9. The van der Waals surface area contributed by atoms with Crippen LogP contribution in [0.15, 0.2) is 48.5 Å². The molecule has 0 bridgehead atoms. The third-order valence-corrected chi connectivity index (χ3v) is 3.17. The Hall–Kier alpha value is -3.09. The molecule has 0 fully saturated rings. The Morgan fingerprint density at radius 2 is 1.88 bits per heavy atom. The number of nitrogens with zero attached hydrogens (tertiary/aromatic N) is 1. The van der Waals surface area contributed by atoms with E-state index in [1.165, 1.54) is 12.1 Å². The van der Waals surface area contributed by atoms with Crippen LogP contribution in [-0.4, -0.2) is 22.6 Å². The van der Waals surface area contributed by atoms with Gasteiger partial charge in [-0.25, -0.2) is 0 Å². The van der Waals surface area contributed by atoms with E-state index in [0.717, 1.165) is 5.56 Å². The van der Waals surface area contributed by atoms with Gasteiger partial charge in [0.25, 0.3) is 0 Å². The highest BCUT2D eigenvalue weighted by Gasteiger charge is 2.17. The lowest BCUT2D eigenvalue weighted by atomic mass is 10.2. The van der Waals surface area contributed by atoms with Crippen LogP contribution < -0.4 is 9.47 Å². The van der Waals surface area contributed by atoms with E-state index in [-0.39, 0.29) is 30.9 Å². The van der Waals surface area contributed by atoms with Gasteiger partial charge >= 0.3 is 11.7 Å². The second-order valence-corrected chi connectivity index (χ2v) is 5.01. The fourth-order valence-electron chi connectivity index (χ4n) is 2.00. The third kappa shape index (κ3) is 5.28. The number of carboxylic acid groups (broad SMARTS) is 1. The summed E-state index contributed by atoms with van der Waals surface area (Å²) in [5.74, 6) is -0.473. The fourth-order valence-corrected chi connectivity index (χ4v) is 2.00. The molecule has 0 atom stereocenters. The van der Waals surface area contributed by atoms with Crippen molar-refractivity contribution in [3.63, 3.8) is 0 Å². The number of carboxylic acids is 1. The van der Waals surface area contributed by atoms with Gasteiger partial charge in [0.2, 0.25) is 0 Å². The van der Waals surface area contributed by atoms with Crippen LogP contribution in [0, 0.1) is 10.1 Å². The van der Waals surface area contributed by atoms with Crippen molar-refractivity contribution >= 4 is 11.7 Å². The van der Waals surface area contributed by atoms with Crippen LogP contribution in [0.25, 0.3) is 0 Å². The lowest BCUT2D eigenvalue weighted by molar-refractivity contribution is -0.386. The molecule has 1 N–H and O–H groups in total. The first-order valence-corrected chi connectivity index (χ1v) is 7.36. The summed E-state index contributed by atoms with van der Waals surface area (Å²) in [6.45, 7) is 0.397. The molecule has 0 aliphatic rings. The second kappa shape index (κ2) is 8.52. The summed E-state index contributed by atoms with van der Waals surface area (Å²) in [7, 11) is 0. The molecular weight excluding hydrogens is 314 g/mol. The fraction of sp³-hybridized carbons (Fsp3) is 0.235. The smallest absolute Gasteiger partial charge is 0.314 e. The van der Waals surface area contributed by atoms with Crippen molar-refractivity contribution in [1.29, 1.82) is 0 Å². The lowest BCUT2D eigenvalue weighted by Crippen LogP contribution is -2.04. The number of hydrogen-bond donors (Lipinski definition) is 1. The molecule has 7 nitrogen and oxygen atoms in total. The summed E-state index contributed by atoms with van der Waals surface area (Å²) in [6, 6.07) is 13.8. The number of carbonyl (C=O) groups is 1. The van der Waals surface area contributed by atoms with E-state index in [9.17, 15) is 14.9 Å². The van der Waals surface area contributed by atoms with Crippen molar-refractivity contribution in [3.8, 4) is 11.5 Å². The minimum absolute atomic E-state index is 0.0495. The molecule has 0 saturated heterocycles. The maximum atomic E-state index is 11.2. The van der Waals surface area contributed by atoms with Gasteiger partial charge in [0.1, 0.15) is 12.4 Å². The van der Waals surface area contributed by atoms with Crippen molar-refractivity contribution in [3.05, 3.63) is 64.2 Å². The molecule has 0 aliphatic carbocycles. The lowest BCUT2D eigenvalue weighted by Gasteiger charge is -2.09. The standard InChI is InChI=1S/C17H17NO6/c19-17(20)7-4-10-23-16-9-8-14(11-15(16)18(21)22)24-12-13-5-2-1-3-6-13/h1-3,5-6,8-9,11H,4,7,10,12H2,(H,19,20). The monoisotopic (exact) mass is 331 g/mol. The van der Waals surface area contributed by atoms with Crippen LogP contribution in [-0.2, 0) is 11.4 Å². The maximum absolute atomic E-state index is 11.2. The summed E-state index contributed by atoms with van der Waals surface area (Å²) in [5, 5.41) is 19.7. The molecule has 0 aliphatic heterocycles. The number of benzene rings is 2. The van der Waals surface area contributed by atoms with E-state index in [1.54, 1.807) is 6.07 Å². The van der Waals surface area contributed by atoms with E-state index in [0.29, 0.717) is 12.4 Å². The number of ether oxygens (including phenoxy) is 2. The molecule has 0 spiro atoms. The molecule has 126 valence electrons. The molecule has 2 aromatic rings. The number of nitro benzene ring substituents is 1. The molecule has 2 rings (SSSR count). The third-order valence-electron chi connectivity index (χ3n) is 3.17. The largest absolute Gasteiger partial charge is 0.489 e. The molecule has 0 unspecified atom stereocenters. The van der Waals surface area contributed by atoms with Crippen LogP contribution >= 0.6 is 0 Å². The van der Waals surface area contributed by atoms with Crippen molar-refractivity contribution in [2.24, 2.45) is 0 Å². The van der Waals surface area contributed by atoms with Gasteiger partial charge < -0.3 is 14.6 Å². The van der Waals surface area contributed by atoms with Gasteiger partial charge in [-0.1, -0.05) is 30.3 Å². The normalized spacial score (nSPS) is 10.2. The first kappa shape index (κ1) is 17.3.